The first-order valence-electron chi connectivity index (χ1n) is 5.35. The lowest BCUT2D eigenvalue weighted by Crippen LogP contribution is -2.26. The van der Waals surface area contributed by atoms with Gasteiger partial charge in [0.2, 0.25) is 0 Å². The SMILES string of the molecule is O=C(NCCc1ncn[nH]1)c1cc(Cl)cc(Cl)c1I. The maximum atomic E-state index is 12.0. The summed E-state index contributed by atoms with van der Waals surface area (Å²) in [6.45, 7) is 0.453. The molecule has 2 aromatic rings. The number of carbonyl (C=O) groups excluding carboxylic acids is 1. The van der Waals surface area contributed by atoms with Crippen LogP contribution in [-0.2, 0) is 6.42 Å². The maximum absolute atomic E-state index is 12.0. The predicted octanol–water partition coefficient (Wildman–Crippen LogP) is 2.69. The topological polar surface area (TPSA) is 70.7 Å². The fraction of sp³-hybridized carbons (Fsp3) is 0.182. The molecule has 0 bridgehead atoms. The van der Waals surface area contributed by atoms with Crippen LogP contribution in [0.15, 0.2) is 18.5 Å². The van der Waals surface area contributed by atoms with Crippen molar-refractivity contribution in [2.75, 3.05) is 6.54 Å². The molecule has 1 heterocycles. The van der Waals surface area contributed by atoms with Gasteiger partial charge in [0.05, 0.1) is 10.6 Å². The molecular weight excluding hydrogens is 402 g/mol. The minimum absolute atomic E-state index is 0.215. The molecule has 8 heteroatoms. The number of carbonyl (C=O) groups is 1. The molecule has 1 aromatic carbocycles. The molecule has 0 spiro atoms. The first-order chi connectivity index (χ1) is 9.08. The lowest BCUT2D eigenvalue weighted by molar-refractivity contribution is 0.0953. The summed E-state index contributed by atoms with van der Waals surface area (Å²) in [5, 5.41) is 10.1. The number of amides is 1. The first kappa shape index (κ1) is 14.5. The molecule has 5 nitrogen and oxygen atoms in total. The highest BCUT2D eigenvalue weighted by Gasteiger charge is 2.13. The predicted molar refractivity (Wildman–Crippen MR) is 81.6 cm³/mol. The summed E-state index contributed by atoms with van der Waals surface area (Å²) in [6, 6.07) is 3.20. The molecule has 0 atom stereocenters. The van der Waals surface area contributed by atoms with E-state index in [1.165, 1.54) is 6.33 Å². The number of aromatic amines is 1. The van der Waals surface area contributed by atoms with Crippen LogP contribution < -0.4 is 5.32 Å². The average molecular weight is 411 g/mol. The Balaban J connectivity index is 2.00. The first-order valence-corrected chi connectivity index (χ1v) is 7.18. The van der Waals surface area contributed by atoms with Crippen molar-refractivity contribution in [1.29, 1.82) is 0 Å². The number of hydrogen-bond acceptors (Lipinski definition) is 3. The van der Waals surface area contributed by atoms with Crippen LogP contribution >= 0.6 is 45.8 Å². The van der Waals surface area contributed by atoms with Crippen molar-refractivity contribution in [3.8, 4) is 0 Å². The Morgan fingerprint density at radius 1 is 1.42 bits per heavy atom. The Labute approximate surface area is 133 Å². The summed E-state index contributed by atoms with van der Waals surface area (Å²) in [4.78, 5) is 16.0. The Kier molecular flexibility index (Phi) is 5.00. The van der Waals surface area contributed by atoms with E-state index in [2.05, 4.69) is 20.5 Å². The summed E-state index contributed by atoms with van der Waals surface area (Å²) in [7, 11) is 0. The van der Waals surface area contributed by atoms with Crippen LogP contribution in [0.3, 0.4) is 0 Å². The van der Waals surface area contributed by atoms with Gasteiger partial charge in [-0.3, -0.25) is 9.89 Å². The normalized spacial score (nSPS) is 10.5. The maximum Gasteiger partial charge on any atom is 0.252 e. The standard InChI is InChI=1S/C11H9Cl2IN4O/c12-6-3-7(10(14)8(13)4-6)11(19)15-2-1-9-16-5-17-18-9/h3-5H,1-2H2,(H,15,19)(H,16,17,18). The molecule has 1 amide bonds. The van der Waals surface area contributed by atoms with Crippen molar-refractivity contribution in [3.63, 3.8) is 0 Å². The summed E-state index contributed by atoms with van der Waals surface area (Å²) in [5.74, 6) is 0.507. The van der Waals surface area contributed by atoms with Crippen LogP contribution in [0, 0.1) is 3.57 Å². The highest BCUT2D eigenvalue weighted by molar-refractivity contribution is 14.1. The van der Waals surface area contributed by atoms with Crippen LogP contribution in [0.1, 0.15) is 16.2 Å². The van der Waals surface area contributed by atoms with Gasteiger partial charge in [-0.15, -0.1) is 0 Å². The summed E-state index contributed by atoms with van der Waals surface area (Å²) in [6.07, 6.45) is 2.01. The van der Waals surface area contributed by atoms with E-state index >= 15 is 0 Å². The molecule has 100 valence electrons. The largest absolute Gasteiger partial charge is 0.352 e. The van der Waals surface area contributed by atoms with Crippen molar-refractivity contribution >= 4 is 51.7 Å². The monoisotopic (exact) mass is 410 g/mol. The van der Waals surface area contributed by atoms with Crippen molar-refractivity contribution in [1.82, 2.24) is 20.5 Å². The average Bonchev–Trinajstić information content (AvgIpc) is 2.86. The fourth-order valence-corrected chi connectivity index (χ4v) is 2.51. The van der Waals surface area contributed by atoms with Gasteiger partial charge in [0, 0.05) is 21.6 Å². The molecule has 2 rings (SSSR count). The van der Waals surface area contributed by atoms with Crippen molar-refractivity contribution in [2.24, 2.45) is 0 Å². The van der Waals surface area contributed by atoms with Gasteiger partial charge >= 0.3 is 0 Å². The van der Waals surface area contributed by atoms with E-state index in [0.29, 0.717) is 32.1 Å². The summed E-state index contributed by atoms with van der Waals surface area (Å²) >= 11 is 13.9. The Hall–Kier alpha value is -0.860. The van der Waals surface area contributed by atoms with Gasteiger partial charge in [-0.05, 0) is 34.7 Å². The van der Waals surface area contributed by atoms with Crippen LogP contribution in [-0.4, -0.2) is 27.6 Å². The van der Waals surface area contributed by atoms with E-state index in [0.717, 1.165) is 5.82 Å². The van der Waals surface area contributed by atoms with Crippen LogP contribution in [0.25, 0.3) is 0 Å². The van der Waals surface area contributed by atoms with E-state index < -0.39 is 0 Å². The zero-order valence-electron chi connectivity index (χ0n) is 9.58. The molecule has 0 unspecified atom stereocenters. The molecule has 1 aromatic heterocycles. The van der Waals surface area contributed by atoms with Gasteiger partial charge < -0.3 is 5.32 Å². The van der Waals surface area contributed by atoms with Crippen molar-refractivity contribution in [3.05, 3.63) is 43.5 Å². The minimum atomic E-state index is -0.215. The van der Waals surface area contributed by atoms with E-state index in [1.807, 2.05) is 22.6 Å². The van der Waals surface area contributed by atoms with E-state index in [9.17, 15) is 4.79 Å². The smallest absolute Gasteiger partial charge is 0.252 e. The highest BCUT2D eigenvalue weighted by Crippen LogP contribution is 2.26. The molecular formula is C11H9Cl2IN4O. The third kappa shape index (κ3) is 3.80. The molecule has 0 aliphatic heterocycles. The number of H-pyrrole nitrogens is 1. The number of benzene rings is 1. The Bertz CT molecular complexity index is 589. The van der Waals surface area contributed by atoms with Gasteiger partial charge in [0.25, 0.3) is 5.91 Å². The minimum Gasteiger partial charge on any atom is -0.352 e. The lowest BCUT2D eigenvalue weighted by atomic mass is 10.2. The highest BCUT2D eigenvalue weighted by atomic mass is 127. The molecule has 0 fully saturated rings. The molecule has 2 N–H and O–H groups in total. The number of nitrogens with one attached hydrogen (secondary N) is 2. The van der Waals surface area contributed by atoms with E-state index in [4.69, 9.17) is 23.2 Å². The van der Waals surface area contributed by atoms with E-state index in [1.54, 1.807) is 12.1 Å². The van der Waals surface area contributed by atoms with Crippen molar-refractivity contribution < 1.29 is 4.79 Å². The zero-order chi connectivity index (χ0) is 13.8. The zero-order valence-corrected chi connectivity index (χ0v) is 13.3. The third-order valence-corrected chi connectivity index (χ3v) is 4.35. The second-order valence-corrected chi connectivity index (χ2v) is 5.61. The number of aromatic nitrogens is 3. The molecule has 0 radical (unpaired) electrons. The quantitative estimate of drug-likeness (QED) is 0.601. The summed E-state index contributed by atoms with van der Waals surface area (Å²) < 4.78 is 0.681. The number of halogens is 3. The van der Waals surface area contributed by atoms with Crippen LogP contribution in [0.4, 0.5) is 0 Å². The van der Waals surface area contributed by atoms with Gasteiger partial charge in [-0.25, -0.2) is 4.98 Å². The molecule has 0 aliphatic rings. The molecule has 0 saturated heterocycles. The molecule has 0 aliphatic carbocycles. The second-order valence-electron chi connectivity index (χ2n) is 3.69. The number of rotatable bonds is 4. The molecule has 0 saturated carbocycles. The van der Waals surface area contributed by atoms with Gasteiger partial charge in [0.1, 0.15) is 12.2 Å². The van der Waals surface area contributed by atoms with Gasteiger partial charge in [0.15, 0.2) is 0 Å². The summed E-state index contributed by atoms with van der Waals surface area (Å²) in [5.41, 5.74) is 0.468. The Morgan fingerprint density at radius 3 is 2.89 bits per heavy atom. The fourth-order valence-electron chi connectivity index (χ4n) is 1.46. The van der Waals surface area contributed by atoms with E-state index in [-0.39, 0.29) is 5.91 Å². The van der Waals surface area contributed by atoms with Gasteiger partial charge in [-0.2, -0.15) is 5.10 Å². The van der Waals surface area contributed by atoms with Crippen LogP contribution in [0.2, 0.25) is 10.0 Å². The number of hydrogen-bond donors (Lipinski definition) is 2. The molecule has 19 heavy (non-hydrogen) atoms. The van der Waals surface area contributed by atoms with Crippen molar-refractivity contribution in [2.45, 2.75) is 6.42 Å². The number of nitrogens with zero attached hydrogens (tertiary/aromatic N) is 2. The third-order valence-electron chi connectivity index (χ3n) is 2.35. The van der Waals surface area contributed by atoms with Gasteiger partial charge in [-0.1, -0.05) is 23.2 Å². The lowest BCUT2D eigenvalue weighted by Gasteiger charge is -2.08. The second kappa shape index (κ2) is 6.53. The van der Waals surface area contributed by atoms with Crippen LogP contribution in [0.5, 0.6) is 0 Å². The Morgan fingerprint density at radius 2 is 2.21 bits per heavy atom.